The Bertz CT molecular complexity index is 1510. The molecule has 0 unspecified atom stereocenters. The van der Waals surface area contributed by atoms with Crippen LogP contribution in [0.25, 0.3) is 0 Å². The van der Waals surface area contributed by atoms with Gasteiger partial charge in [-0.15, -0.1) is 0 Å². The molecule has 2 aliphatic rings. The molecule has 0 saturated heterocycles. The molecule has 4 aromatic carbocycles. The molecule has 0 aliphatic heterocycles. The van der Waals surface area contributed by atoms with Crippen molar-refractivity contribution in [3.8, 4) is 0 Å². The van der Waals surface area contributed by atoms with Crippen molar-refractivity contribution in [2.24, 2.45) is 5.92 Å². The SMILES string of the molecule is CO[C@H](C(=O)O[C@H]1CC2C[C@H](OC(=O)[C@@H](OC)c3ccccc3)c3cccc(C)c3C2c2c(C)cccc21)c1ccccc1. The summed E-state index contributed by atoms with van der Waals surface area (Å²) in [6.07, 6.45) is -1.36. The molecule has 0 saturated carbocycles. The first-order valence-corrected chi connectivity index (χ1v) is 15.2. The van der Waals surface area contributed by atoms with Crippen LogP contribution in [0.4, 0.5) is 0 Å². The van der Waals surface area contributed by atoms with E-state index < -0.39 is 36.4 Å². The van der Waals surface area contributed by atoms with Crippen LogP contribution in [0.3, 0.4) is 0 Å². The number of fused-ring (bicyclic) bond motifs is 5. The average molecular weight is 591 g/mol. The molecule has 0 aromatic heterocycles. The minimum atomic E-state index is -0.825. The number of ether oxygens (including phenoxy) is 4. The van der Waals surface area contributed by atoms with Crippen molar-refractivity contribution in [2.75, 3.05) is 14.2 Å². The van der Waals surface area contributed by atoms with Gasteiger partial charge in [-0.25, -0.2) is 9.59 Å². The van der Waals surface area contributed by atoms with E-state index in [-0.39, 0.29) is 11.8 Å². The second-order valence-electron chi connectivity index (χ2n) is 11.8. The fraction of sp³-hybridized carbons (Fsp3) is 0.316. The van der Waals surface area contributed by atoms with Crippen LogP contribution in [-0.2, 0) is 28.5 Å². The monoisotopic (exact) mass is 590 g/mol. The maximum atomic E-state index is 13.6. The first-order valence-electron chi connectivity index (χ1n) is 15.2. The Kier molecular flexibility index (Phi) is 8.65. The summed E-state index contributed by atoms with van der Waals surface area (Å²) in [6.45, 7) is 4.24. The normalized spacial score (nSPS) is 21.6. The van der Waals surface area contributed by atoms with E-state index in [0.29, 0.717) is 12.8 Å². The topological polar surface area (TPSA) is 71.1 Å². The Morgan fingerprint density at radius 3 is 1.39 bits per heavy atom. The van der Waals surface area contributed by atoms with Gasteiger partial charge in [-0.05, 0) is 77.1 Å². The Labute approximate surface area is 258 Å². The van der Waals surface area contributed by atoms with Gasteiger partial charge >= 0.3 is 11.9 Å². The maximum absolute atomic E-state index is 13.6. The van der Waals surface area contributed by atoms with Gasteiger partial charge in [0.25, 0.3) is 0 Å². The molecule has 2 aliphatic carbocycles. The van der Waals surface area contributed by atoms with Crippen LogP contribution in [-0.4, -0.2) is 26.2 Å². The molecule has 6 nitrogen and oxygen atoms in total. The molecule has 0 bridgehead atoms. The number of aryl methyl sites for hydroxylation is 2. The quantitative estimate of drug-likeness (QED) is 0.195. The highest BCUT2D eigenvalue weighted by molar-refractivity contribution is 5.78. The molecule has 0 fully saturated rings. The Hall–Kier alpha value is -4.26. The van der Waals surface area contributed by atoms with E-state index in [4.69, 9.17) is 18.9 Å². The molecule has 0 heterocycles. The van der Waals surface area contributed by atoms with Crippen molar-refractivity contribution in [1.82, 2.24) is 0 Å². The van der Waals surface area contributed by atoms with Crippen LogP contribution in [0.5, 0.6) is 0 Å². The van der Waals surface area contributed by atoms with Crippen LogP contribution in [0.2, 0.25) is 0 Å². The largest absolute Gasteiger partial charge is 0.455 e. The first-order chi connectivity index (χ1) is 21.4. The fourth-order valence-electron chi connectivity index (χ4n) is 7.23. The molecule has 4 atom stereocenters. The van der Waals surface area contributed by atoms with Gasteiger partial charge in [0.15, 0.2) is 12.2 Å². The smallest absolute Gasteiger partial charge is 0.340 e. The summed E-state index contributed by atoms with van der Waals surface area (Å²) in [7, 11) is 3.05. The highest BCUT2D eigenvalue weighted by Crippen LogP contribution is 2.56. The molecule has 4 aromatic rings. The van der Waals surface area contributed by atoms with Crippen molar-refractivity contribution >= 4 is 11.9 Å². The van der Waals surface area contributed by atoms with E-state index in [1.54, 1.807) is 0 Å². The maximum Gasteiger partial charge on any atom is 0.340 e. The van der Waals surface area contributed by atoms with E-state index in [0.717, 1.165) is 33.4 Å². The summed E-state index contributed by atoms with van der Waals surface area (Å²) in [4.78, 5) is 27.1. The summed E-state index contributed by atoms with van der Waals surface area (Å²) in [5.41, 5.74) is 8.23. The predicted molar refractivity (Wildman–Crippen MR) is 167 cm³/mol. The van der Waals surface area contributed by atoms with Gasteiger partial charge in [0.2, 0.25) is 0 Å². The number of rotatable bonds is 8. The Morgan fingerprint density at radius 1 is 0.591 bits per heavy atom. The van der Waals surface area contributed by atoms with Gasteiger partial charge in [-0.2, -0.15) is 0 Å². The lowest BCUT2D eigenvalue weighted by atomic mass is 9.62. The van der Waals surface area contributed by atoms with Crippen molar-refractivity contribution in [1.29, 1.82) is 0 Å². The summed E-state index contributed by atoms with van der Waals surface area (Å²) in [6, 6.07) is 31.3. The zero-order valence-corrected chi connectivity index (χ0v) is 25.6. The number of esters is 2. The van der Waals surface area contributed by atoms with Crippen molar-refractivity contribution in [3.05, 3.63) is 142 Å². The van der Waals surface area contributed by atoms with E-state index in [9.17, 15) is 9.59 Å². The highest BCUT2D eigenvalue weighted by Gasteiger charge is 2.46. The number of hydrogen-bond acceptors (Lipinski definition) is 6. The van der Waals surface area contributed by atoms with Gasteiger partial charge in [0, 0.05) is 20.1 Å². The van der Waals surface area contributed by atoms with Gasteiger partial charge in [-0.3, -0.25) is 0 Å². The second-order valence-corrected chi connectivity index (χ2v) is 11.8. The van der Waals surface area contributed by atoms with E-state index >= 15 is 0 Å². The molecule has 0 amide bonds. The minimum absolute atomic E-state index is 0.0724. The van der Waals surface area contributed by atoms with Crippen LogP contribution >= 0.6 is 0 Å². The molecule has 6 heteroatoms. The lowest BCUT2D eigenvalue weighted by Crippen LogP contribution is -2.35. The summed E-state index contributed by atoms with van der Waals surface area (Å²) in [5, 5.41) is 0. The zero-order chi connectivity index (χ0) is 30.8. The molecule has 44 heavy (non-hydrogen) atoms. The molecule has 0 N–H and O–H groups in total. The molecule has 226 valence electrons. The third-order valence-electron chi connectivity index (χ3n) is 9.16. The van der Waals surface area contributed by atoms with Crippen molar-refractivity contribution in [3.63, 3.8) is 0 Å². The number of carbonyl (C=O) groups is 2. The highest BCUT2D eigenvalue weighted by atomic mass is 16.6. The van der Waals surface area contributed by atoms with Gasteiger partial charge in [0.05, 0.1) is 0 Å². The molecule has 0 radical (unpaired) electrons. The van der Waals surface area contributed by atoms with Crippen molar-refractivity contribution in [2.45, 2.75) is 57.0 Å². The van der Waals surface area contributed by atoms with E-state index in [2.05, 4.69) is 38.1 Å². The lowest BCUT2D eigenvalue weighted by molar-refractivity contribution is -0.165. The predicted octanol–water partition coefficient (Wildman–Crippen LogP) is 7.80. The first kappa shape index (κ1) is 29.8. The minimum Gasteiger partial charge on any atom is -0.455 e. The summed E-state index contributed by atoms with van der Waals surface area (Å²) in [5.74, 6) is -0.679. The number of carbonyl (C=O) groups excluding carboxylic acids is 2. The Morgan fingerprint density at radius 2 is 1.00 bits per heavy atom. The number of hydrogen-bond donors (Lipinski definition) is 0. The zero-order valence-electron chi connectivity index (χ0n) is 25.6. The number of methoxy groups -OCH3 is 2. The molecule has 0 spiro atoms. The van der Waals surface area contributed by atoms with Crippen molar-refractivity contribution < 1.29 is 28.5 Å². The average Bonchev–Trinajstić information content (AvgIpc) is 3.03. The second kappa shape index (κ2) is 12.8. The van der Waals surface area contributed by atoms with Crippen LogP contribution < -0.4 is 0 Å². The lowest BCUT2D eigenvalue weighted by Gasteiger charge is -2.45. The van der Waals surface area contributed by atoms with E-state index in [1.165, 1.54) is 25.3 Å². The number of benzene rings is 4. The van der Waals surface area contributed by atoms with Gasteiger partial charge in [0.1, 0.15) is 12.2 Å². The van der Waals surface area contributed by atoms with Gasteiger partial charge < -0.3 is 18.9 Å². The van der Waals surface area contributed by atoms with Gasteiger partial charge in [-0.1, -0.05) is 97.1 Å². The molecule has 6 rings (SSSR count). The Balaban J connectivity index is 1.36. The fourth-order valence-corrected chi connectivity index (χ4v) is 7.23. The van der Waals surface area contributed by atoms with Crippen LogP contribution in [0, 0.1) is 19.8 Å². The van der Waals surface area contributed by atoms with E-state index in [1.807, 2.05) is 72.8 Å². The molecular weight excluding hydrogens is 552 g/mol. The molecular formula is C38H38O6. The standard InChI is InChI=1S/C38H38O6/c1-23-13-11-19-28-30(43-37(39)35(41-3)25-15-7-5-8-16-25)21-27-22-31(29-20-12-14-24(2)33(29)34(27)32(23)28)44-38(40)36(42-4)26-17-9-6-10-18-26/h5-20,27,30-31,34-36H,21-22H2,1-4H3/t27?,30-,31-,34?,35-,36-/m0/s1. The van der Waals surface area contributed by atoms with Crippen LogP contribution in [0.1, 0.15) is 87.7 Å². The van der Waals surface area contributed by atoms with Crippen LogP contribution in [0.15, 0.2) is 97.1 Å². The summed E-state index contributed by atoms with van der Waals surface area (Å²) < 4.78 is 23.8. The summed E-state index contributed by atoms with van der Waals surface area (Å²) >= 11 is 0. The third-order valence-corrected chi connectivity index (χ3v) is 9.16. The third kappa shape index (κ3) is 5.56.